The number of nitrogens with one attached hydrogen (secondary N) is 1. The number of hydrogen-bond acceptors (Lipinski definition) is 1. The SMILES string of the molecule is [B]CP.[Li+].[O-]c1cccc2ccc[nH+]c12.c1ccc2c(c1)c1ccccc1n2-c1ccc(-c2ccc(-n3c4ccccc4c4ccccc43)cc2)cc1. The standard InChI is InChI=1S/C36H24N2.C9H7NO.CH4BP.Li/c1-5-13-33-29(9-1)30-10-2-6-14-34(30)37(33)27-21-17-25(18-22-27)26-19-23-28(24-20-26)38-35-15-7-3-11-31(35)32-12-4-8-16-36(32)38;11-8-5-1-3-7-4-2-6-10-9(7)8;2-1-3;/h1-24H;1-6,11H;1,3H2;/q;;;+1. The Morgan fingerprint density at radius 2 is 0.830 bits per heavy atom. The van der Waals surface area contributed by atoms with Gasteiger partial charge in [-0.3, -0.25) is 0 Å². The summed E-state index contributed by atoms with van der Waals surface area (Å²) in [5, 5.41) is 17.2. The molecule has 3 aromatic heterocycles. The molecular weight excluding hydrogens is 659 g/mol. The molecule has 1 atom stereocenters. The molecule has 1 N–H and O–H groups in total. The molecule has 53 heavy (non-hydrogen) atoms. The minimum atomic E-state index is 0. The average molecular weight is 695 g/mol. The number of fused-ring (bicyclic) bond motifs is 7. The second-order valence-electron chi connectivity index (χ2n) is 12.5. The van der Waals surface area contributed by atoms with Crippen molar-refractivity contribution in [1.82, 2.24) is 9.13 Å². The molecule has 0 aliphatic heterocycles. The predicted octanol–water partition coefficient (Wildman–Crippen LogP) is 7.27. The van der Waals surface area contributed by atoms with Gasteiger partial charge in [-0.15, -0.1) is 9.24 Å². The first-order valence-electron chi connectivity index (χ1n) is 17.3. The van der Waals surface area contributed by atoms with Crippen molar-refractivity contribution in [3.05, 3.63) is 182 Å². The van der Waals surface area contributed by atoms with E-state index >= 15 is 0 Å². The Labute approximate surface area is 324 Å². The minimum absolute atomic E-state index is 0. The smallest absolute Gasteiger partial charge is 0.868 e. The normalized spacial score (nSPS) is 10.8. The van der Waals surface area contributed by atoms with Gasteiger partial charge in [0.25, 0.3) is 0 Å². The van der Waals surface area contributed by atoms with Crippen molar-refractivity contribution in [2.75, 3.05) is 6.06 Å². The van der Waals surface area contributed by atoms with E-state index in [0.29, 0.717) is 11.6 Å². The van der Waals surface area contributed by atoms with Gasteiger partial charge in [0, 0.05) is 44.4 Å². The van der Waals surface area contributed by atoms with E-state index in [1.54, 1.807) is 18.3 Å². The maximum absolute atomic E-state index is 11.1. The number of H-pyrrole nitrogens is 1. The van der Waals surface area contributed by atoms with Crippen LogP contribution in [-0.4, -0.2) is 23.0 Å². The fourth-order valence-electron chi connectivity index (χ4n) is 7.13. The molecule has 7 heteroatoms. The molecule has 0 amide bonds. The van der Waals surface area contributed by atoms with Crippen LogP contribution in [0.5, 0.6) is 5.75 Å². The fourth-order valence-corrected chi connectivity index (χ4v) is 7.13. The van der Waals surface area contributed by atoms with Crippen molar-refractivity contribution in [3.8, 4) is 28.3 Å². The summed E-state index contributed by atoms with van der Waals surface area (Å²) in [7, 11) is 7.17. The van der Waals surface area contributed by atoms with Crippen LogP contribution in [0.4, 0.5) is 0 Å². The van der Waals surface area contributed by atoms with E-state index in [1.165, 1.54) is 66.1 Å². The Bertz CT molecular complexity index is 2540. The van der Waals surface area contributed by atoms with Crippen molar-refractivity contribution in [2.24, 2.45) is 0 Å². The summed E-state index contributed by atoms with van der Waals surface area (Å²) in [6, 6.07) is 62.1. The van der Waals surface area contributed by atoms with E-state index in [0.717, 1.165) is 5.39 Å². The number of rotatable bonds is 3. The summed E-state index contributed by atoms with van der Waals surface area (Å²) in [5.74, 6) is 0.0445. The average Bonchev–Trinajstić information content (AvgIpc) is 3.72. The van der Waals surface area contributed by atoms with Gasteiger partial charge in [-0.25, -0.2) is 4.98 Å². The third-order valence-corrected chi connectivity index (χ3v) is 9.40. The number of nitrogens with zero attached hydrogens (tertiary/aromatic N) is 2. The van der Waals surface area contributed by atoms with Crippen LogP contribution in [0.3, 0.4) is 0 Å². The summed E-state index contributed by atoms with van der Waals surface area (Å²) >= 11 is 0. The first kappa shape index (κ1) is 35.8. The van der Waals surface area contributed by atoms with Crippen LogP contribution in [0.1, 0.15) is 0 Å². The number of pyridine rings is 1. The third kappa shape index (κ3) is 6.88. The molecule has 10 rings (SSSR count). The zero-order chi connectivity index (χ0) is 35.4. The Balaban J connectivity index is 0.000000245. The molecule has 0 bridgehead atoms. The molecule has 248 valence electrons. The maximum atomic E-state index is 11.1. The number of para-hydroxylation sites is 5. The van der Waals surface area contributed by atoms with Crippen LogP contribution >= 0.6 is 9.24 Å². The van der Waals surface area contributed by atoms with Crippen molar-refractivity contribution in [3.63, 3.8) is 0 Å². The minimum Gasteiger partial charge on any atom is -0.868 e. The number of benzene rings is 7. The first-order chi connectivity index (χ1) is 25.7. The van der Waals surface area contributed by atoms with Crippen molar-refractivity contribution < 1.29 is 29.0 Å². The molecule has 0 fully saturated rings. The van der Waals surface area contributed by atoms with Crippen molar-refractivity contribution in [1.29, 1.82) is 0 Å². The van der Waals surface area contributed by atoms with Crippen molar-refractivity contribution >= 4 is 71.6 Å². The maximum Gasteiger partial charge on any atom is 1.00 e. The Hall–Kier alpha value is -5.56. The summed E-state index contributed by atoms with van der Waals surface area (Å²) in [4.78, 5) is 2.91. The molecule has 4 nitrogen and oxygen atoms in total. The second kappa shape index (κ2) is 16.0. The molecule has 2 radical (unpaired) electrons. The van der Waals surface area contributed by atoms with Gasteiger partial charge < -0.3 is 14.2 Å². The summed E-state index contributed by atoms with van der Waals surface area (Å²) < 4.78 is 4.72. The van der Waals surface area contributed by atoms with Crippen LogP contribution in [0.15, 0.2) is 182 Å². The molecular formula is C46H35BLiN3OP+. The first-order valence-corrected chi connectivity index (χ1v) is 18.1. The zero-order valence-corrected chi connectivity index (χ0v) is 30.6. The van der Waals surface area contributed by atoms with Gasteiger partial charge in [-0.05, 0) is 77.5 Å². The van der Waals surface area contributed by atoms with E-state index in [2.05, 4.69) is 169 Å². The van der Waals surface area contributed by atoms with Gasteiger partial charge in [-0.2, -0.15) is 0 Å². The molecule has 3 heterocycles. The van der Waals surface area contributed by atoms with Crippen LogP contribution in [-0.2, 0) is 0 Å². The number of hydrogen-bond donors (Lipinski definition) is 0. The summed E-state index contributed by atoms with van der Waals surface area (Å²) in [6.45, 7) is 0. The molecule has 0 aliphatic carbocycles. The van der Waals surface area contributed by atoms with Gasteiger partial charge in [0.1, 0.15) is 0 Å². The fraction of sp³-hybridized carbons (Fsp3) is 0.0217. The van der Waals surface area contributed by atoms with Crippen LogP contribution in [0.2, 0.25) is 0 Å². The van der Waals surface area contributed by atoms with E-state index in [1.807, 2.05) is 18.2 Å². The summed E-state index contributed by atoms with van der Waals surface area (Å²) in [6.07, 6.45) is 1.75. The molecule has 0 saturated carbocycles. The van der Waals surface area contributed by atoms with Crippen LogP contribution in [0, 0.1) is 0 Å². The van der Waals surface area contributed by atoms with Gasteiger partial charge in [0.15, 0.2) is 6.20 Å². The molecule has 0 saturated heterocycles. The summed E-state index contributed by atoms with van der Waals surface area (Å²) in [5.41, 5.74) is 10.4. The van der Waals surface area contributed by atoms with Gasteiger partial charge in [0.05, 0.1) is 29.9 Å². The molecule has 7 aromatic carbocycles. The molecule has 0 aliphatic rings. The Morgan fingerprint density at radius 3 is 1.21 bits per heavy atom. The Morgan fingerprint density at radius 1 is 0.472 bits per heavy atom. The number of aromatic nitrogens is 3. The van der Waals surface area contributed by atoms with Crippen LogP contribution < -0.4 is 29.0 Å². The van der Waals surface area contributed by atoms with Gasteiger partial charge in [-0.1, -0.05) is 115 Å². The topological polar surface area (TPSA) is 47.1 Å². The monoisotopic (exact) mass is 694 g/mol. The van der Waals surface area contributed by atoms with Gasteiger partial charge in [0.2, 0.25) is 5.52 Å². The van der Waals surface area contributed by atoms with Crippen LogP contribution in [0.25, 0.3) is 77.0 Å². The molecule has 1 unspecified atom stereocenters. The van der Waals surface area contributed by atoms with E-state index in [-0.39, 0.29) is 24.6 Å². The third-order valence-electron chi connectivity index (χ3n) is 9.40. The molecule has 10 aromatic rings. The van der Waals surface area contributed by atoms with E-state index in [9.17, 15) is 5.11 Å². The second-order valence-corrected chi connectivity index (χ2v) is 12.9. The molecule has 0 spiro atoms. The van der Waals surface area contributed by atoms with Gasteiger partial charge >= 0.3 is 18.9 Å². The van der Waals surface area contributed by atoms with Crippen molar-refractivity contribution in [2.45, 2.75) is 0 Å². The number of aromatic amines is 1. The Kier molecular flexibility index (Phi) is 10.8. The van der Waals surface area contributed by atoms with E-state index in [4.69, 9.17) is 7.85 Å². The predicted molar refractivity (Wildman–Crippen MR) is 221 cm³/mol. The quantitative estimate of drug-likeness (QED) is 0.142. The zero-order valence-electron chi connectivity index (χ0n) is 29.5. The largest absolute Gasteiger partial charge is 1.00 e. The van der Waals surface area contributed by atoms with E-state index < -0.39 is 0 Å².